The average Bonchev–Trinajstić information content (AvgIpc) is 2.52. The molecule has 0 aliphatic carbocycles. The van der Waals surface area contributed by atoms with E-state index in [9.17, 15) is 0 Å². The fraction of sp³-hybridized carbons (Fsp3) is 0.500. The number of guanidine groups is 1. The molecule has 0 aromatic heterocycles. The number of nitrogens with zero attached hydrogens (tertiary/aromatic N) is 2. The number of benzene rings is 1. The summed E-state index contributed by atoms with van der Waals surface area (Å²) in [6.07, 6.45) is 4.52. The standard InChI is InChI=1S/C16H24N4S/c1-3-18-16(19-10-4-5-11-21-2)20-13-15-8-6-14(12-17)7-9-15/h6-9H,3-5,10-11,13H2,1-2H3,(H2,18,19,20). The topological polar surface area (TPSA) is 60.2 Å². The Morgan fingerprint density at radius 1 is 1.24 bits per heavy atom. The molecule has 0 bridgehead atoms. The minimum Gasteiger partial charge on any atom is -0.357 e. The van der Waals surface area contributed by atoms with Gasteiger partial charge in [-0.3, -0.25) is 0 Å². The predicted octanol–water partition coefficient (Wildman–Crippen LogP) is 2.76. The molecule has 0 unspecified atom stereocenters. The smallest absolute Gasteiger partial charge is 0.191 e. The number of hydrogen-bond acceptors (Lipinski definition) is 3. The fourth-order valence-corrected chi connectivity index (χ4v) is 2.27. The summed E-state index contributed by atoms with van der Waals surface area (Å²) in [4.78, 5) is 4.56. The summed E-state index contributed by atoms with van der Waals surface area (Å²) in [6, 6.07) is 9.67. The summed E-state index contributed by atoms with van der Waals surface area (Å²) < 4.78 is 0. The lowest BCUT2D eigenvalue weighted by Gasteiger charge is -2.11. The summed E-state index contributed by atoms with van der Waals surface area (Å²) in [7, 11) is 0. The molecule has 0 amide bonds. The van der Waals surface area contributed by atoms with E-state index >= 15 is 0 Å². The molecule has 0 fully saturated rings. The van der Waals surface area contributed by atoms with Gasteiger partial charge in [-0.15, -0.1) is 0 Å². The van der Waals surface area contributed by atoms with Crippen LogP contribution in [0.4, 0.5) is 0 Å². The van der Waals surface area contributed by atoms with Crippen LogP contribution >= 0.6 is 11.8 Å². The van der Waals surface area contributed by atoms with E-state index in [0.717, 1.165) is 31.0 Å². The third-order valence-corrected chi connectivity index (χ3v) is 3.61. The van der Waals surface area contributed by atoms with Crippen LogP contribution in [0.2, 0.25) is 0 Å². The largest absolute Gasteiger partial charge is 0.357 e. The molecule has 5 heteroatoms. The van der Waals surface area contributed by atoms with Crippen LogP contribution in [-0.4, -0.2) is 31.1 Å². The maximum Gasteiger partial charge on any atom is 0.191 e. The first kappa shape index (κ1) is 17.4. The van der Waals surface area contributed by atoms with Crippen LogP contribution in [0.3, 0.4) is 0 Å². The zero-order valence-corrected chi connectivity index (χ0v) is 13.7. The van der Waals surface area contributed by atoms with Crippen molar-refractivity contribution < 1.29 is 0 Å². The Kier molecular flexibility index (Phi) is 9.14. The van der Waals surface area contributed by atoms with Crippen LogP contribution in [0.1, 0.15) is 30.9 Å². The molecule has 0 saturated heterocycles. The van der Waals surface area contributed by atoms with Crippen LogP contribution in [-0.2, 0) is 6.54 Å². The molecule has 0 radical (unpaired) electrons. The molecule has 4 nitrogen and oxygen atoms in total. The Morgan fingerprint density at radius 3 is 2.62 bits per heavy atom. The van der Waals surface area contributed by atoms with Gasteiger partial charge in [-0.05, 0) is 49.5 Å². The van der Waals surface area contributed by atoms with E-state index < -0.39 is 0 Å². The van der Waals surface area contributed by atoms with Crippen molar-refractivity contribution in [1.29, 1.82) is 5.26 Å². The number of nitriles is 1. The summed E-state index contributed by atoms with van der Waals surface area (Å²) in [6.45, 7) is 4.47. The van der Waals surface area contributed by atoms with Gasteiger partial charge in [-0.25, -0.2) is 4.99 Å². The molecule has 1 aromatic carbocycles. The van der Waals surface area contributed by atoms with Crippen LogP contribution in [0.25, 0.3) is 0 Å². The van der Waals surface area contributed by atoms with Gasteiger partial charge in [-0.1, -0.05) is 12.1 Å². The maximum absolute atomic E-state index is 8.78. The average molecular weight is 304 g/mol. The van der Waals surface area contributed by atoms with E-state index in [1.54, 1.807) is 0 Å². The molecule has 0 saturated carbocycles. The van der Waals surface area contributed by atoms with Crippen molar-refractivity contribution in [2.75, 3.05) is 25.1 Å². The van der Waals surface area contributed by atoms with Crippen LogP contribution in [0, 0.1) is 11.3 Å². The minimum absolute atomic E-state index is 0.617. The highest BCUT2D eigenvalue weighted by Crippen LogP contribution is 2.04. The molecule has 2 N–H and O–H groups in total. The first-order chi connectivity index (χ1) is 10.3. The normalized spacial score (nSPS) is 11.0. The van der Waals surface area contributed by atoms with E-state index in [0.29, 0.717) is 12.1 Å². The van der Waals surface area contributed by atoms with Crippen molar-refractivity contribution in [3.8, 4) is 6.07 Å². The van der Waals surface area contributed by atoms with Crippen LogP contribution in [0.15, 0.2) is 29.3 Å². The Morgan fingerprint density at radius 2 is 2.00 bits per heavy atom. The fourth-order valence-electron chi connectivity index (χ4n) is 1.77. The van der Waals surface area contributed by atoms with E-state index in [1.165, 1.54) is 12.2 Å². The number of nitrogens with one attached hydrogen (secondary N) is 2. The molecule has 1 aromatic rings. The Labute approximate surface area is 132 Å². The summed E-state index contributed by atoms with van der Waals surface area (Å²) in [5.41, 5.74) is 1.79. The highest BCUT2D eigenvalue weighted by atomic mass is 32.2. The summed E-state index contributed by atoms with van der Waals surface area (Å²) in [5, 5.41) is 15.4. The lowest BCUT2D eigenvalue weighted by Crippen LogP contribution is -2.37. The Bertz CT molecular complexity index is 462. The van der Waals surface area contributed by atoms with Gasteiger partial charge in [0.2, 0.25) is 0 Å². The number of thioether (sulfide) groups is 1. The van der Waals surface area contributed by atoms with Crippen molar-refractivity contribution in [3.05, 3.63) is 35.4 Å². The molecule has 1 rings (SSSR count). The minimum atomic E-state index is 0.617. The second kappa shape index (κ2) is 11.0. The monoisotopic (exact) mass is 304 g/mol. The second-order valence-electron chi connectivity index (χ2n) is 4.63. The Hall–Kier alpha value is -1.67. The quantitative estimate of drug-likeness (QED) is 0.440. The van der Waals surface area contributed by atoms with Gasteiger partial charge in [0.15, 0.2) is 5.96 Å². The Balaban J connectivity index is 2.44. The SMILES string of the molecule is CCNC(=NCc1ccc(C#N)cc1)NCCCCSC. The van der Waals surface area contributed by atoms with Crippen molar-refractivity contribution >= 4 is 17.7 Å². The van der Waals surface area contributed by atoms with E-state index in [-0.39, 0.29) is 0 Å². The molecular formula is C16H24N4S. The maximum atomic E-state index is 8.78. The van der Waals surface area contributed by atoms with Gasteiger partial charge in [0.1, 0.15) is 0 Å². The molecular weight excluding hydrogens is 280 g/mol. The highest BCUT2D eigenvalue weighted by molar-refractivity contribution is 7.98. The lowest BCUT2D eigenvalue weighted by molar-refractivity contribution is 0.734. The first-order valence-electron chi connectivity index (χ1n) is 7.30. The van der Waals surface area contributed by atoms with Crippen molar-refractivity contribution in [1.82, 2.24) is 10.6 Å². The number of rotatable bonds is 8. The molecule has 21 heavy (non-hydrogen) atoms. The third kappa shape index (κ3) is 7.62. The van der Waals surface area contributed by atoms with E-state index in [4.69, 9.17) is 5.26 Å². The third-order valence-electron chi connectivity index (χ3n) is 2.91. The van der Waals surface area contributed by atoms with Gasteiger partial charge >= 0.3 is 0 Å². The summed E-state index contributed by atoms with van der Waals surface area (Å²) in [5.74, 6) is 2.06. The van der Waals surface area contributed by atoms with Crippen molar-refractivity contribution in [3.63, 3.8) is 0 Å². The number of aliphatic imine (C=N–C) groups is 1. The van der Waals surface area contributed by atoms with Crippen molar-refractivity contribution in [2.45, 2.75) is 26.3 Å². The van der Waals surface area contributed by atoms with Crippen LogP contribution in [0.5, 0.6) is 0 Å². The first-order valence-corrected chi connectivity index (χ1v) is 8.69. The molecule has 0 spiro atoms. The van der Waals surface area contributed by atoms with Crippen LogP contribution < -0.4 is 10.6 Å². The van der Waals surface area contributed by atoms with E-state index in [1.807, 2.05) is 36.0 Å². The molecule has 0 aliphatic heterocycles. The number of unbranched alkanes of at least 4 members (excludes halogenated alkanes) is 1. The molecule has 0 aliphatic rings. The molecule has 0 heterocycles. The van der Waals surface area contributed by atoms with Crippen molar-refractivity contribution in [2.24, 2.45) is 4.99 Å². The second-order valence-corrected chi connectivity index (χ2v) is 5.62. The lowest BCUT2D eigenvalue weighted by atomic mass is 10.1. The highest BCUT2D eigenvalue weighted by Gasteiger charge is 1.98. The van der Waals surface area contributed by atoms with Gasteiger partial charge in [0.25, 0.3) is 0 Å². The zero-order chi connectivity index (χ0) is 15.3. The van der Waals surface area contributed by atoms with Gasteiger partial charge in [0, 0.05) is 13.1 Å². The molecule has 0 atom stereocenters. The van der Waals surface area contributed by atoms with E-state index in [2.05, 4.69) is 34.9 Å². The predicted molar refractivity (Wildman–Crippen MR) is 91.6 cm³/mol. The van der Waals surface area contributed by atoms with Gasteiger partial charge in [0.05, 0.1) is 18.2 Å². The van der Waals surface area contributed by atoms with Gasteiger partial charge < -0.3 is 10.6 Å². The zero-order valence-electron chi connectivity index (χ0n) is 12.9. The van der Waals surface area contributed by atoms with Gasteiger partial charge in [-0.2, -0.15) is 17.0 Å². The molecule has 114 valence electrons. The number of hydrogen-bond donors (Lipinski definition) is 2. The summed E-state index contributed by atoms with van der Waals surface area (Å²) >= 11 is 1.88.